The molecule has 9 rings (SSSR count). The molecule has 8 heterocycles. The number of nitrogen functional groups attached to an aromatic ring is 2. The maximum atomic E-state index is 16.7. The van der Waals surface area contributed by atoms with E-state index in [1.165, 1.54) is 35.6 Å². The number of phosphoric ester groups is 2. The second kappa shape index (κ2) is 14.5. The average Bonchev–Trinajstić information content (AvgIpc) is 3.90. The lowest BCUT2D eigenvalue weighted by Crippen LogP contribution is -2.45. The molecule has 0 amide bonds. The Morgan fingerprint density at radius 2 is 1.12 bits per heavy atom. The van der Waals surface area contributed by atoms with E-state index in [1.54, 1.807) is 13.8 Å². The first kappa shape index (κ1) is 39.7. The predicted molar refractivity (Wildman–Crippen MR) is 194 cm³/mol. The number of imidazole rings is 2. The standard InChI is InChI=1S/C32H42F2N10O12P2/c1-5-47-25-19-23(39-29(35)41-25)43(13-37-19)27-31(3,33)21-17(51-27)11-49-57(45,55-21)53-15-7-9-16(10-8-15)54-58(46)50-12-18-22(56-58)32(4,34)28(52-18)44-14-38-20-24(44)40-30(36)42-26(20)48-6-2/h13-18,21-22,27-28H,5-12H2,1-4H3,(H2,35,39,41)(H2,36,40,42). The second-order valence-electron chi connectivity index (χ2n) is 14.8. The van der Waals surface area contributed by atoms with E-state index in [9.17, 15) is 9.13 Å². The SMILES string of the molecule is CCOc1nc(N)nc2c1ncn2C1OC2COP(=O)(OC3CCC(OP4(=O)OCC5OC(n6cnc7c(OCC)nc(N)nc76)C(C)(F)C5O4)CC3)OC2C1(C)F. The van der Waals surface area contributed by atoms with Gasteiger partial charge in [-0.2, -0.15) is 19.9 Å². The van der Waals surface area contributed by atoms with Crippen LogP contribution in [0.4, 0.5) is 20.7 Å². The van der Waals surface area contributed by atoms with Crippen LogP contribution in [0.3, 0.4) is 0 Å². The van der Waals surface area contributed by atoms with E-state index in [1.807, 2.05) is 0 Å². The van der Waals surface area contributed by atoms with Crippen LogP contribution in [0.25, 0.3) is 22.3 Å². The van der Waals surface area contributed by atoms with Crippen molar-refractivity contribution >= 4 is 49.9 Å². The van der Waals surface area contributed by atoms with E-state index in [0.717, 1.165) is 0 Å². The molecule has 4 aromatic heterocycles. The molecular formula is C32H42F2N10O12P2. The summed E-state index contributed by atoms with van der Waals surface area (Å²) in [6, 6.07) is 0. The lowest BCUT2D eigenvalue weighted by molar-refractivity contribution is -0.0839. The van der Waals surface area contributed by atoms with Crippen LogP contribution in [0, 0.1) is 0 Å². The predicted octanol–water partition coefficient (Wildman–Crippen LogP) is 4.27. The Kier molecular flexibility index (Phi) is 9.93. The number of anilines is 2. The molecule has 0 spiro atoms. The molecule has 4 N–H and O–H groups in total. The van der Waals surface area contributed by atoms with Gasteiger partial charge in [-0.05, 0) is 53.4 Å². The third kappa shape index (κ3) is 6.80. The zero-order chi connectivity index (χ0) is 40.8. The van der Waals surface area contributed by atoms with Gasteiger partial charge in [0.05, 0.1) is 51.3 Å². The number of halogens is 2. The Bertz CT molecular complexity index is 2150. The number of hydrogen-bond donors (Lipinski definition) is 2. The minimum Gasteiger partial charge on any atom is -0.476 e. The fourth-order valence-electron chi connectivity index (χ4n) is 8.04. The molecule has 0 bridgehead atoms. The third-order valence-corrected chi connectivity index (χ3v) is 13.7. The van der Waals surface area contributed by atoms with Crippen LogP contribution in [-0.4, -0.2) is 113 Å². The topological polar surface area (TPSA) is 266 Å². The van der Waals surface area contributed by atoms with Crippen molar-refractivity contribution in [3.8, 4) is 11.8 Å². The number of nitrogens with zero attached hydrogens (tertiary/aromatic N) is 8. The van der Waals surface area contributed by atoms with E-state index >= 15 is 8.78 Å². The van der Waals surface area contributed by atoms with Crippen molar-refractivity contribution in [3.63, 3.8) is 0 Å². The molecule has 4 saturated heterocycles. The Labute approximate surface area is 328 Å². The number of hydrogen-bond acceptors (Lipinski definition) is 20. The van der Waals surface area contributed by atoms with Gasteiger partial charge in [-0.25, -0.2) is 27.9 Å². The lowest BCUT2D eigenvalue weighted by atomic mass is 9.95. The van der Waals surface area contributed by atoms with Crippen LogP contribution in [0.5, 0.6) is 11.8 Å². The summed E-state index contributed by atoms with van der Waals surface area (Å²) in [7, 11) is -8.59. The molecule has 5 aliphatic rings. The van der Waals surface area contributed by atoms with Gasteiger partial charge < -0.3 is 30.4 Å². The Morgan fingerprint density at radius 1 is 0.724 bits per heavy atom. The fourth-order valence-corrected chi connectivity index (χ4v) is 11.4. The number of aromatic nitrogens is 8. The summed E-state index contributed by atoms with van der Waals surface area (Å²) < 4.78 is 121. The quantitative estimate of drug-likeness (QED) is 0.211. The average molecular weight is 859 g/mol. The number of phosphoric acid groups is 2. The zero-order valence-corrected chi connectivity index (χ0v) is 33.5. The summed E-state index contributed by atoms with van der Waals surface area (Å²) in [5, 5.41) is 0. The Balaban J connectivity index is 0.817. The first-order valence-electron chi connectivity index (χ1n) is 18.8. The van der Waals surface area contributed by atoms with Gasteiger partial charge >= 0.3 is 15.6 Å². The molecule has 10 unspecified atom stereocenters. The molecule has 0 radical (unpaired) electrons. The first-order chi connectivity index (χ1) is 27.6. The van der Waals surface area contributed by atoms with Crippen molar-refractivity contribution in [3.05, 3.63) is 12.7 Å². The fraction of sp³-hybridized carbons (Fsp3) is 0.688. The smallest absolute Gasteiger partial charge is 0.475 e. The highest BCUT2D eigenvalue weighted by atomic mass is 31.2. The van der Waals surface area contributed by atoms with E-state index in [0.29, 0.717) is 0 Å². The number of alkyl halides is 2. The van der Waals surface area contributed by atoms with Gasteiger partial charge in [0.25, 0.3) is 0 Å². The van der Waals surface area contributed by atoms with Gasteiger partial charge in [-0.3, -0.25) is 36.3 Å². The molecule has 316 valence electrons. The summed E-state index contributed by atoms with van der Waals surface area (Å²) in [5.74, 6) is 0.0608. The number of rotatable bonds is 10. The molecule has 26 heteroatoms. The van der Waals surface area contributed by atoms with Gasteiger partial charge in [0.2, 0.25) is 23.7 Å². The van der Waals surface area contributed by atoms with Crippen molar-refractivity contribution in [1.29, 1.82) is 0 Å². The summed E-state index contributed by atoms with van der Waals surface area (Å²) in [5.41, 5.74) is 8.13. The summed E-state index contributed by atoms with van der Waals surface area (Å²) >= 11 is 0. The van der Waals surface area contributed by atoms with Crippen LogP contribution >= 0.6 is 15.6 Å². The highest BCUT2D eigenvalue weighted by Gasteiger charge is 2.63. The van der Waals surface area contributed by atoms with Crippen molar-refractivity contribution < 1.29 is 64.0 Å². The minimum absolute atomic E-state index is 0.106. The van der Waals surface area contributed by atoms with Crippen molar-refractivity contribution in [2.24, 2.45) is 0 Å². The highest BCUT2D eigenvalue weighted by molar-refractivity contribution is 7.48. The van der Waals surface area contributed by atoms with E-state index in [4.69, 9.17) is 57.6 Å². The molecule has 5 fully saturated rings. The molecule has 1 saturated carbocycles. The normalized spacial score (nSPS) is 38.9. The second-order valence-corrected chi connectivity index (χ2v) is 17.9. The van der Waals surface area contributed by atoms with Crippen molar-refractivity contribution in [1.82, 2.24) is 39.0 Å². The molecular weight excluding hydrogens is 816 g/mol. The van der Waals surface area contributed by atoms with Crippen molar-refractivity contribution in [2.75, 3.05) is 37.9 Å². The van der Waals surface area contributed by atoms with Crippen molar-refractivity contribution in [2.45, 2.75) is 114 Å². The molecule has 4 aromatic rings. The largest absolute Gasteiger partial charge is 0.476 e. The molecule has 0 aromatic carbocycles. The van der Waals surface area contributed by atoms with E-state index in [-0.39, 0.29) is 98.1 Å². The first-order valence-corrected chi connectivity index (χ1v) is 21.7. The van der Waals surface area contributed by atoms with Crippen LogP contribution in [0.2, 0.25) is 0 Å². The minimum atomic E-state index is -4.29. The molecule has 10 atom stereocenters. The molecule has 4 aliphatic heterocycles. The summed E-state index contributed by atoms with van der Waals surface area (Å²) in [6.07, 6.45) is -4.77. The van der Waals surface area contributed by atoms with Gasteiger partial charge in [-0.15, -0.1) is 0 Å². The van der Waals surface area contributed by atoms with Crippen LogP contribution in [-0.2, 0) is 45.7 Å². The number of ether oxygens (including phenoxy) is 4. The van der Waals surface area contributed by atoms with Gasteiger partial charge in [0.15, 0.2) is 46.1 Å². The Hall–Kier alpha value is -3.70. The lowest BCUT2D eigenvalue weighted by Gasteiger charge is -2.38. The van der Waals surface area contributed by atoms with Gasteiger partial charge in [-0.1, -0.05) is 0 Å². The molecule has 1 aliphatic carbocycles. The number of fused-ring (bicyclic) bond motifs is 4. The monoisotopic (exact) mass is 858 g/mol. The third-order valence-electron chi connectivity index (χ3n) is 10.7. The maximum Gasteiger partial charge on any atom is 0.475 e. The zero-order valence-electron chi connectivity index (χ0n) is 31.7. The van der Waals surface area contributed by atoms with Crippen LogP contribution < -0.4 is 20.9 Å². The Morgan fingerprint density at radius 3 is 1.50 bits per heavy atom. The van der Waals surface area contributed by atoms with E-state index in [2.05, 4.69) is 29.9 Å². The van der Waals surface area contributed by atoms with Crippen LogP contribution in [0.1, 0.15) is 65.8 Å². The number of nitrogens with two attached hydrogens (primary N) is 2. The summed E-state index contributed by atoms with van der Waals surface area (Å²) in [4.78, 5) is 25.2. The molecule has 22 nitrogen and oxygen atoms in total. The molecule has 58 heavy (non-hydrogen) atoms. The maximum absolute atomic E-state index is 16.7. The van der Waals surface area contributed by atoms with Gasteiger partial charge in [0, 0.05) is 0 Å². The highest BCUT2D eigenvalue weighted by Crippen LogP contribution is 2.63. The van der Waals surface area contributed by atoms with Crippen LogP contribution in [0.15, 0.2) is 12.7 Å². The van der Waals surface area contributed by atoms with E-state index < -0.39 is 76.1 Å². The summed E-state index contributed by atoms with van der Waals surface area (Å²) in [6.45, 7) is 6.06. The van der Waals surface area contributed by atoms with Gasteiger partial charge in [0.1, 0.15) is 24.4 Å².